The molecule has 0 saturated carbocycles. The lowest BCUT2D eigenvalue weighted by Gasteiger charge is -2.32. The summed E-state index contributed by atoms with van der Waals surface area (Å²) in [7, 11) is 0. The monoisotopic (exact) mass is 552 g/mol. The molecule has 2 heterocycles. The first-order valence-electron chi connectivity index (χ1n) is 13.8. The van der Waals surface area contributed by atoms with Crippen LogP contribution in [-0.4, -0.2) is 78.3 Å². The highest BCUT2D eigenvalue weighted by molar-refractivity contribution is 6.30. The lowest BCUT2D eigenvalue weighted by Crippen LogP contribution is -2.47. The summed E-state index contributed by atoms with van der Waals surface area (Å²) in [5.41, 5.74) is 5.08. The molecule has 0 spiro atoms. The molecule has 0 radical (unpaired) electrons. The van der Waals surface area contributed by atoms with Crippen LogP contribution in [0.5, 0.6) is 0 Å². The third-order valence-electron chi connectivity index (χ3n) is 7.41. The molecule has 210 valence electrons. The summed E-state index contributed by atoms with van der Waals surface area (Å²) >= 11 is 6.16. The summed E-state index contributed by atoms with van der Waals surface area (Å²) in [5, 5.41) is 7.08. The minimum absolute atomic E-state index is 0.00690. The lowest BCUT2D eigenvalue weighted by molar-refractivity contribution is -0.142. The van der Waals surface area contributed by atoms with E-state index in [-0.39, 0.29) is 29.8 Å². The molecule has 2 aliphatic rings. The predicted molar refractivity (Wildman–Crippen MR) is 156 cm³/mol. The topological polar surface area (TPSA) is 65.5 Å². The number of amides is 2. The summed E-state index contributed by atoms with van der Waals surface area (Å²) in [6.07, 6.45) is 0.973. The van der Waals surface area contributed by atoms with Gasteiger partial charge in [-0.05, 0) is 59.7 Å². The molecule has 1 atom stereocenters. The number of carbonyl (C=O) groups excluding carboxylic acids is 2. The first kappa shape index (κ1) is 29.2. The molecule has 2 amide bonds. The number of hydrogen-bond acceptors (Lipinski definition) is 5. The molecule has 0 aliphatic carbocycles. The average molecular weight is 553 g/mol. The normalized spacial score (nSPS) is 18.3. The minimum Gasteiger partial charge on any atom is -0.379 e. The summed E-state index contributed by atoms with van der Waals surface area (Å²) in [6.45, 7) is 14.6. The maximum Gasteiger partial charge on any atom is 0.262 e. The van der Waals surface area contributed by atoms with E-state index in [9.17, 15) is 9.59 Å². The first-order chi connectivity index (χ1) is 18.5. The van der Waals surface area contributed by atoms with Crippen molar-refractivity contribution in [2.24, 2.45) is 10.5 Å². The fourth-order valence-corrected chi connectivity index (χ4v) is 5.09. The van der Waals surface area contributed by atoms with Crippen LogP contribution in [0.25, 0.3) is 0 Å². The number of carbonyl (C=O) groups is 2. The van der Waals surface area contributed by atoms with Crippen molar-refractivity contribution in [3.8, 4) is 0 Å². The van der Waals surface area contributed by atoms with Crippen molar-refractivity contribution in [2.75, 3.05) is 45.9 Å². The molecule has 8 heteroatoms. The molecule has 0 bridgehead atoms. The van der Waals surface area contributed by atoms with Crippen LogP contribution in [0.3, 0.4) is 0 Å². The molecule has 2 aromatic rings. The number of rotatable bonds is 8. The Bertz CT molecular complexity index is 1200. The van der Waals surface area contributed by atoms with Gasteiger partial charge < -0.3 is 9.64 Å². The van der Waals surface area contributed by atoms with E-state index in [0.29, 0.717) is 44.2 Å². The molecule has 2 aromatic carbocycles. The number of ether oxygens (including phenoxy) is 1. The van der Waals surface area contributed by atoms with E-state index < -0.39 is 0 Å². The fraction of sp³-hybridized carbons (Fsp3) is 0.516. The van der Waals surface area contributed by atoms with Crippen molar-refractivity contribution < 1.29 is 14.3 Å². The van der Waals surface area contributed by atoms with Gasteiger partial charge in [0.2, 0.25) is 5.91 Å². The Labute approximate surface area is 237 Å². The van der Waals surface area contributed by atoms with Gasteiger partial charge in [-0.2, -0.15) is 5.10 Å². The molecule has 0 N–H and O–H groups in total. The van der Waals surface area contributed by atoms with Crippen molar-refractivity contribution in [3.63, 3.8) is 0 Å². The largest absolute Gasteiger partial charge is 0.379 e. The second kappa shape index (κ2) is 12.6. The second-order valence-electron chi connectivity index (χ2n) is 11.9. The van der Waals surface area contributed by atoms with Crippen LogP contribution < -0.4 is 0 Å². The van der Waals surface area contributed by atoms with Gasteiger partial charge in [0.1, 0.15) is 6.54 Å². The molecule has 7 nitrogen and oxygen atoms in total. The molecular formula is C31H41ClN4O3. The second-order valence-corrected chi connectivity index (χ2v) is 12.3. The zero-order valence-electron chi connectivity index (χ0n) is 23.9. The van der Waals surface area contributed by atoms with Gasteiger partial charge in [-0.3, -0.25) is 14.5 Å². The van der Waals surface area contributed by atoms with Crippen molar-refractivity contribution in [2.45, 2.75) is 53.5 Å². The van der Waals surface area contributed by atoms with Crippen LogP contribution in [0, 0.1) is 19.3 Å². The van der Waals surface area contributed by atoms with Crippen molar-refractivity contribution in [1.82, 2.24) is 14.8 Å². The van der Waals surface area contributed by atoms with E-state index in [1.807, 2.05) is 45.0 Å². The summed E-state index contributed by atoms with van der Waals surface area (Å²) in [6, 6.07) is 13.6. The molecular weight excluding hydrogens is 512 g/mol. The van der Waals surface area contributed by atoms with Gasteiger partial charge in [-0.1, -0.05) is 56.6 Å². The van der Waals surface area contributed by atoms with Gasteiger partial charge >= 0.3 is 0 Å². The Morgan fingerprint density at radius 3 is 2.38 bits per heavy atom. The lowest BCUT2D eigenvalue weighted by atomic mass is 9.91. The Hall–Kier alpha value is -2.74. The summed E-state index contributed by atoms with van der Waals surface area (Å²) in [4.78, 5) is 31.3. The number of hydrazone groups is 1. The van der Waals surface area contributed by atoms with Crippen molar-refractivity contribution >= 4 is 29.1 Å². The Kier molecular flexibility index (Phi) is 9.47. The molecule has 0 aromatic heterocycles. The van der Waals surface area contributed by atoms with Gasteiger partial charge in [0.05, 0.1) is 25.0 Å². The van der Waals surface area contributed by atoms with Crippen LogP contribution in [0.4, 0.5) is 0 Å². The van der Waals surface area contributed by atoms with E-state index in [1.54, 1.807) is 9.91 Å². The third kappa shape index (κ3) is 7.90. The summed E-state index contributed by atoms with van der Waals surface area (Å²) in [5.74, 6) is -0.192. The Morgan fingerprint density at radius 2 is 1.74 bits per heavy atom. The van der Waals surface area contributed by atoms with E-state index >= 15 is 0 Å². The first-order valence-corrected chi connectivity index (χ1v) is 14.2. The molecule has 2 aliphatic heterocycles. The highest BCUT2D eigenvalue weighted by atomic mass is 35.5. The zero-order chi connectivity index (χ0) is 28.2. The third-order valence-corrected chi connectivity index (χ3v) is 7.66. The van der Waals surface area contributed by atoms with Gasteiger partial charge in [0.25, 0.3) is 5.91 Å². The van der Waals surface area contributed by atoms with Gasteiger partial charge in [-0.15, -0.1) is 0 Å². The number of halogens is 1. The fourth-order valence-electron chi connectivity index (χ4n) is 4.96. The van der Waals surface area contributed by atoms with E-state index in [0.717, 1.165) is 29.9 Å². The van der Waals surface area contributed by atoms with E-state index in [4.69, 9.17) is 21.4 Å². The van der Waals surface area contributed by atoms with Crippen LogP contribution in [-0.2, 0) is 14.3 Å². The quantitative estimate of drug-likeness (QED) is 0.450. The summed E-state index contributed by atoms with van der Waals surface area (Å²) < 4.78 is 5.47. The number of morpholine rings is 1. The van der Waals surface area contributed by atoms with Crippen LogP contribution >= 0.6 is 11.6 Å². The predicted octanol–water partition coefficient (Wildman–Crippen LogP) is 5.23. The highest BCUT2D eigenvalue weighted by Crippen LogP contribution is 2.34. The van der Waals surface area contributed by atoms with Gasteiger partial charge in [0.15, 0.2) is 0 Å². The highest BCUT2D eigenvalue weighted by Gasteiger charge is 2.35. The van der Waals surface area contributed by atoms with Crippen molar-refractivity contribution in [1.29, 1.82) is 0 Å². The van der Waals surface area contributed by atoms with E-state index in [1.165, 1.54) is 11.1 Å². The smallest absolute Gasteiger partial charge is 0.262 e. The molecule has 39 heavy (non-hydrogen) atoms. The number of nitrogens with zero attached hydrogens (tertiary/aromatic N) is 4. The maximum atomic E-state index is 13.9. The van der Waals surface area contributed by atoms with Crippen LogP contribution in [0.15, 0.2) is 47.6 Å². The van der Waals surface area contributed by atoms with Gasteiger partial charge in [-0.25, -0.2) is 5.01 Å². The standard InChI is InChI=1S/C31H41ClN4O3/c1-22-6-7-25(18-23(22)2)27-19-28(24-8-10-26(32)11-9-24)36(33-27)30(38)21-35(29(37)20-31(3,4)5)13-12-34-14-16-39-17-15-34/h6-11,18,28H,12-17,19-21H2,1-5H3. The maximum absolute atomic E-state index is 13.9. The van der Waals surface area contributed by atoms with Gasteiger partial charge in [0, 0.05) is 44.0 Å². The van der Waals surface area contributed by atoms with Crippen LogP contribution in [0.1, 0.15) is 61.9 Å². The number of benzene rings is 2. The SMILES string of the molecule is Cc1ccc(C2=NN(C(=O)CN(CCN3CCOCC3)C(=O)CC(C)(C)C)C(c3ccc(Cl)cc3)C2)cc1C. The minimum atomic E-state index is -0.259. The number of aryl methyl sites for hydroxylation is 2. The zero-order valence-corrected chi connectivity index (χ0v) is 24.6. The molecule has 1 fully saturated rings. The average Bonchev–Trinajstić information content (AvgIpc) is 3.34. The Morgan fingerprint density at radius 1 is 1.05 bits per heavy atom. The van der Waals surface area contributed by atoms with E-state index in [2.05, 4.69) is 36.9 Å². The molecule has 1 unspecified atom stereocenters. The van der Waals surface area contributed by atoms with Crippen molar-refractivity contribution in [3.05, 3.63) is 69.7 Å². The molecule has 4 rings (SSSR count). The Balaban J connectivity index is 1.58. The number of hydrogen-bond donors (Lipinski definition) is 0. The molecule has 1 saturated heterocycles. The van der Waals surface area contributed by atoms with Crippen LogP contribution in [0.2, 0.25) is 5.02 Å².